The Morgan fingerprint density at radius 3 is 2.74 bits per heavy atom. The van der Waals surface area contributed by atoms with E-state index in [1.165, 1.54) is 44.3 Å². The second kappa shape index (κ2) is 6.98. The van der Waals surface area contributed by atoms with Gasteiger partial charge in [-0.2, -0.15) is 0 Å². The third-order valence-electron chi connectivity index (χ3n) is 5.79. The minimum absolute atomic E-state index is 0.157. The van der Waals surface area contributed by atoms with Crippen LogP contribution in [0.1, 0.15) is 51.5 Å². The molecule has 1 aliphatic heterocycles. The normalized spacial score (nSPS) is 27.3. The average Bonchev–Trinajstić information content (AvgIpc) is 3.40. The summed E-state index contributed by atoms with van der Waals surface area (Å²) in [6, 6.07) is 8.72. The third kappa shape index (κ3) is 3.41. The molecule has 0 radical (unpaired) electrons. The fourth-order valence-corrected chi connectivity index (χ4v) is 4.20. The van der Waals surface area contributed by atoms with E-state index in [1.807, 2.05) is 6.07 Å². The van der Waals surface area contributed by atoms with Gasteiger partial charge in [-0.15, -0.1) is 0 Å². The summed E-state index contributed by atoms with van der Waals surface area (Å²) in [7, 11) is 1.76. The molecular formula is C21H31NO. The maximum absolute atomic E-state index is 5.48. The molecule has 2 nitrogen and oxygen atoms in total. The average molecular weight is 313 g/mol. The Morgan fingerprint density at radius 2 is 2.09 bits per heavy atom. The maximum Gasteiger partial charge on any atom is 0.119 e. The van der Waals surface area contributed by atoms with Gasteiger partial charge in [0.25, 0.3) is 0 Å². The van der Waals surface area contributed by atoms with Crippen molar-refractivity contribution in [3.05, 3.63) is 42.1 Å². The highest BCUT2D eigenvalue weighted by Crippen LogP contribution is 2.44. The second-order valence-corrected chi connectivity index (χ2v) is 7.32. The molecule has 0 bridgehead atoms. The summed E-state index contributed by atoms with van der Waals surface area (Å²) in [5.41, 5.74) is 1.57. The Labute approximate surface area is 141 Å². The van der Waals surface area contributed by atoms with Crippen LogP contribution in [-0.4, -0.2) is 25.1 Å². The number of ether oxygens (including phenoxy) is 1. The van der Waals surface area contributed by atoms with Crippen molar-refractivity contribution in [2.45, 2.75) is 51.4 Å². The minimum atomic E-state index is 0.157. The van der Waals surface area contributed by atoms with Crippen molar-refractivity contribution >= 4 is 0 Å². The molecule has 1 heterocycles. The Morgan fingerprint density at radius 1 is 1.26 bits per heavy atom. The molecule has 0 aromatic heterocycles. The largest absolute Gasteiger partial charge is 0.497 e. The van der Waals surface area contributed by atoms with Crippen LogP contribution in [0.25, 0.3) is 0 Å². The molecule has 0 amide bonds. The summed E-state index contributed by atoms with van der Waals surface area (Å²) in [6.07, 6.45) is 11.4. The molecule has 2 atom stereocenters. The SMILES string of the molecule is CCCC1CN(CC2CC2)C=CC1(CC)c1cccc(OC)c1. The van der Waals surface area contributed by atoms with Crippen LogP contribution in [0, 0.1) is 11.8 Å². The fraction of sp³-hybridized carbons (Fsp3) is 0.619. The van der Waals surface area contributed by atoms with Crippen molar-refractivity contribution < 1.29 is 4.74 Å². The lowest BCUT2D eigenvalue weighted by Crippen LogP contribution is -2.44. The van der Waals surface area contributed by atoms with E-state index < -0.39 is 0 Å². The van der Waals surface area contributed by atoms with Crippen LogP contribution in [0.3, 0.4) is 0 Å². The van der Waals surface area contributed by atoms with Crippen molar-refractivity contribution in [3.8, 4) is 5.75 Å². The monoisotopic (exact) mass is 313 g/mol. The smallest absolute Gasteiger partial charge is 0.119 e. The molecule has 1 aromatic rings. The van der Waals surface area contributed by atoms with Gasteiger partial charge in [0.15, 0.2) is 0 Å². The zero-order chi connectivity index (χ0) is 16.3. The first-order valence-electron chi connectivity index (χ1n) is 9.29. The van der Waals surface area contributed by atoms with E-state index in [0.717, 1.165) is 18.1 Å². The van der Waals surface area contributed by atoms with Gasteiger partial charge >= 0.3 is 0 Å². The highest BCUT2D eigenvalue weighted by atomic mass is 16.5. The van der Waals surface area contributed by atoms with Crippen LogP contribution in [0.15, 0.2) is 36.5 Å². The standard InChI is InChI=1S/C21H31NO/c1-4-7-19-16-22(15-17-10-11-17)13-12-21(19,5-2)18-8-6-9-20(14-18)23-3/h6,8-9,12-14,17,19H,4-5,7,10-11,15-16H2,1-3H3. The zero-order valence-corrected chi connectivity index (χ0v) is 14.9. The van der Waals surface area contributed by atoms with Gasteiger partial charge < -0.3 is 9.64 Å². The molecule has 2 unspecified atom stereocenters. The van der Waals surface area contributed by atoms with Crippen LogP contribution < -0.4 is 4.74 Å². The number of allylic oxidation sites excluding steroid dienone is 1. The van der Waals surface area contributed by atoms with Crippen LogP contribution in [0.2, 0.25) is 0 Å². The summed E-state index contributed by atoms with van der Waals surface area (Å²) in [4.78, 5) is 2.58. The lowest BCUT2D eigenvalue weighted by atomic mass is 9.65. The number of hydrogen-bond acceptors (Lipinski definition) is 2. The van der Waals surface area contributed by atoms with Gasteiger partial charge in [-0.25, -0.2) is 0 Å². The predicted molar refractivity (Wildman–Crippen MR) is 96.8 cm³/mol. The topological polar surface area (TPSA) is 12.5 Å². The van der Waals surface area contributed by atoms with E-state index in [0.29, 0.717) is 5.92 Å². The number of benzene rings is 1. The van der Waals surface area contributed by atoms with Gasteiger partial charge in [0.2, 0.25) is 0 Å². The van der Waals surface area contributed by atoms with Gasteiger partial charge in [-0.3, -0.25) is 0 Å². The van der Waals surface area contributed by atoms with Crippen molar-refractivity contribution in [1.82, 2.24) is 4.90 Å². The molecule has 126 valence electrons. The number of rotatable bonds is 7. The molecule has 1 fully saturated rings. The quantitative estimate of drug-likeness (QED) is 0.702. The molecule has 0 N–H and O–H groups in total. The number of nitrogens with zero attached hydrogens (tertiary/aromatic N) is 1. The maximum atomic E-state index is 5.48. The van der Waals surface area contributed by atoms with Gasteiger partial charge in [0, 0.05) is 18.5 Å². The van der Waals surface area contributed by atoms with Crippen LogP contribution in [-0.2, 0) is 5.41 Å². The minimum Gasteiger partial charge on any atom is -0.497 e. The summed E-state index contributed by atoms with van der Waals surface area (Å²) in [6.45, 7) is 7.11. The first-order chi connectivity index (χ1) is 11.2. The van der Waals surface area contributed by atoms with E-state index in [1.54, 1.807) is 7.11 Å². The molecule has 0 spiro atoms. The predicted octanol–water partition coefficient (Wildman–Crippen LogP) is 5.00. The Bertz CT molecular complexity index is 549. The van der Waals surface area contributed by atoms with Gasteiger partial charge in [0.05, 0.1) is 7.11 Å². The van der Waals surface area contributed by atoms with Crippen LogP contribution >= 0.6 is 0 Å². The Hall–Kier alpha value is -1.44. The van der Waals surface area contributed by atoms with Gasteiger partial charge in [-0.1, -0.05) is 38.5 Å². The van der Waals surface area contributed by atoms with E-state index in [9.17, 15) is 0 Å². The van der Waals surface area contributed by atoms with E-state index in [4.69, 9.17) is 4.74 Å². The zero-order valence-electron chi connectivity index (χ0n) is 14.9. The van der Waals surface area contributed by atoms with Crippen LogP contribution in [0.4, 0.5) is 0 Å². The first kappa shape index (κ1) is 16.4. The highest BCUT2D eigenvalue weighted by molar-refractivity contribution is 5.39. The summed E-state index contributed by atoms with van der Waals surface area (Å²) in [5, 5.41) is 0. The molecule has 3 rings (SSSR count). The molecule has 1 saturated carbocycles. The van der Waals surface area contributed by atoms with E-state index in [2.05, 4.69) is 49.2 Å². The third-order valence-corrected chi connectivity index (χ3v) is 5.79. The number of hydrogen-bond donors (Lipinski definition) is 0. The van der Waals surface area contributed by atoms with E-state index >= 15 is 0 Å². The van der Waals surface area contributed by atoms with Crippen molar-refractivity contribution in [1.29, 1.82) is 0 Å². The highest BCUT2D eigenvalue weighted by Gasteiger charge is 2.40. The van der Waals surface area contributed by atoms with Crippen molar-refractivity contribution in [2.24, 2.45) is 11.8 Å². The van der Waals surface area contributed by atoms with Crippen molar-refractivity contribution in [2.75, 3.05) is 20.2 Å². The van der Waals surface area contributed by atoms with Crippen LogP contribution in [0.5, 0.6) is 5.75 Å². The Kier molecular flexibility index (Phi) is 4.99. The fourth-order valence-electron chi connectivity index (χ4n) is 4.20. The molecule has 0 saturated heterocycles. The van der Waals surface area contributed by atoms with Gasteiger partial charge in [0.1, 0.15) is 5.75 Å². The lowest BCUT2D eigenvalue weighted by Gasteiger charge is -2.45. The molecule has 1 aliphatic carbocycles. The lowest BCUT2D eigenvalue weighted by molar-refractivity contribution is 0.188. The Balaban J connectivity index is 1.92. The first-order valence-corrected chi connectivity index (χ1v) is 9.29. The summed E-state index contributed by atoms with van der Waals surface area (Å²) in [5.74, 6) is 2.61. The molecule has 2 heteroatoms. The summed E-state index contributed by atoms with van der Waals surface area (Å²) >= 11 is 0. The molecule has 1 aromatic carbocycles. The molecular weight excluding hydrogens is 282 g/mol. The molecule has 23 heavy (non-hydrogen) atoms. The molecule has 2 aliphatic rings. The summed E-state index contributed by atoms with van der Waals surface area (Å²) < 4.78 is 5.48. The second-order valence-electron chi connectivity index (χ2n) is 7.32. The van der Waals surface area contributed by atoms with Gasteiger partial charge in [-0.05, 0) is 61.4 Å². The van der Waals surface area contributed by atoms with Crippen molar-refractivity contribution in [3.63, 3.8) is 0 Å². The van der Waals surface area contributed by atoms with E-state index in [-0.39, 0.29) is 5.41 Å². The number of methoxy groups -OCH3 is 1.